The molecule has 2 fully saturated rings. The molecule has 216 valence electrons. The molecule has 9 heteroatoms. The molecule has 1 aliphatic carbocycles. The molecule has 4 aromatic rings. The highest BCUT2D eigenvalue weighted by Gasteiger charge is 2.49. The van der Waals surface area contributed by atoms with Crippen molar-refractivity contribution in [2.45, 2.75) is 50.7 Å². The van der Waals surface area contributed by atoms with Crippen LogP contribution in [0.2, 0.25) is 0 Å². The van der Waals surface area contributed by atoms with Crippen LogP contribution in [0.5, 0.6) is 0 Å². The van der Waals surface area contributed by atoms with Crippen LogP contribution in [0.15, 0.2) is 89.7 Å². The molecular formula is C33H36N6O3. The molecule has 2 aliphatic rings. The lowest BCUT2D eigenvalue weighted by Crippen LogP contribution is -2.48. The summed E-state index contributed by atoms with van der Waals surface area (Å²) in [6.45, 7) is 3.48. The van der Waals surface area contributed by atoms with Crippen molar-refractivity contribution in [3.63, 3.8) is 0 Å². The van der Waals surface area contributed by atoms with Crippen LogP contribution < -0.4 is 21.5 Å². The maximum Gasteiger partial charge on any atom is 0.319 e. The van der Waals surface area contributed by atoms with Crippen molar-refractivity contribution in [3.05, 3.63) is 112 Å². The highest BCUT2D eigenvalue weighted by molar-refractivity contribution is 6.05. The van der Waals surface area contributed by atoms with Crippen LogP contribution >= 0.6 is 0 Å². The van der Waals surface area contributed by atoms with Gasteiger partial charge in [0, 0.05) is 43.0 Å². The predicted molar refractivity (Wildman–Crippen MR) is 164 cm³/mol. The van der Waals surface area contributed by atoms with Crippen LogP contribution in [0, 0.1) is 6.92 Å². The zero-order chi connectivity index (χ0) is 29.3. The summed E-state index contributed by atoms with van der Waals surface area (Å²) in [6, 6.07) is 26.2. The number of nitrogens with zero attached hydrogens (tertiary/aromatic N) is 3. The quantitative estimate of drug-likeness (QED) is 0.292. The van der Waals surface area contributed by atoms with Gasteiger partial charge in [-0.3, -0.25) is 19.2 Å². The molecule has 3 aromatic carbocycles. The second-order valence-corrected chi connectivity index (χ2v) is 11.4. The summed E-state index contributed by atoms with van der Waals surface area (Å²) < 4.78 is 3.23. The van der Waals surface area contributed by atoms with Crippen molar-refractivity contribution in [1.29, 1.82) is 0 Å². The molecule has 1 aliphatic heterocycles. The third-order valence-corrected chi connectivity index (χ3v) is 8.75. The van der Waals surface area contributed by atoms with Crippen LogP contribution in [0.4, 0.5) is 16.2 Å². The van der Waals surface area contributed by atoms with Crippen LogP contribution in [-0.4, -0.2) is 44.3 Å². The number of urea groups is 1. The smallest absolute Gasteiger partial charge is 0.319 e. The Bertz CT molecular complexity index is 1660. The first-order chi connectivity index (χ1) is 20.3. The van der Waals surface area contributed by atoms with E-state index >= 15 is 0 Å². The number of para-hydroxylation sites is 1. The number of aromatic nitrogens is 2. The monoisotopic (exact) mass is 564 g/mol. The van der Waals surface area contributed by atoms with Crippen molar-refractivity contribution in [3.8, 4) is 5.69 Å². The minimum Gasteiger partial charge on any atom is -0.334 e. The van der Waals surface area contributed by atoms with Crippen LogP contribution in [-0.2, 0) is 13.6 Å². The standard InChI is InChI=1S/C33H36N6O3/c1-23-29(31(41)39(37(23)2)28-15-7-4-8-16-28)36-30(40)25-13-9-14-26(19-25)34-32(42)35-27-20-33(17-10-18-33)38(22-27)21-24-11-5-3-6-12-24/h3-9,11-16,19,27H,10,17-18,20-22H2,1-2H3,(H,36,40)(H2,34,35,42). The maximum atomic E-state index is 13.2. The average Bonchev–Trinajstić information content (AvgIpc) is 3.43. The van der Waals surface area contributed by atoms with Crippen molar-refractivity contribution in [2.24, 2.45) is 7.05 Å². The van der Waals surface area contributed by atoms with Gasteiger partial charge in [-0.25, -0.2) is 9.48 Å². The number of carbonyl (C=O) groups excluding carboxylic acids is 2. The number of hydrogen-bond acceptors (Lipinski definition) is 4. The van der Waals surface area contributed by atoms with E-state index in [2.05, 4.69) is 45.1 Å². The van der Waals surface area contributed by atoms with E-state index in [1.807, 2.05) is 36.4 Å². The first-order valence-electron chi connectivity index (χ1n) is 14.4. The Balaban J connectivity index is 1.10. The Labute approximate surface area is 245 Å². The van der Waals surface area contributed by atoms with Gasteiger partial charge in [0.2, 0.25) is 0 Å². The second-order valence-electron chi connectivity index (χ2n) is 11.4. The summed E-state index contributed by atoms with van der Waals surface area (Å²) in [5.74, 6) is -0.427. The molecule has 42 heavy (non-hydrogen) atoms. The molecule has 0 bridgehead atoms. The average molecular weight is 565 g/mol. The lowest BCUT2D eigenvalue weighted by atomic mass is 9.74. The molecule has 9 nitrogen and oxygen atoms in total. The maximum absolute atomic E-state index is 13.2. The number of hydrogen-bond donors (Lipinski definition) is 3. The fraction of sp³-hybridized carbons (Fsp3) is 0.303. The summed E-state index contributed by atoms with van der Waals surface area (Å²) >= 11 is 0. The van der Waals surface area contributed by atoms with E-state index in [1.165, 1.54) is 16.7 Å². The van der Waals surface area contributed by atoms with E-state index in [9.17, 15) is 14.4 Å². The third kappa shape index (κ3) is 5.35. The topological polar surface area (TPSA) is 100 Å². The molecule has 1 atom stereocenters. The van der Waals surface area contributed by atoms with Crippen molar-refractivity contribution in [1.82, 2.24) is 19.6 Å². The molecule has 1 saturated carbocycles. The number of benzene rings is 3. The minimum atomic E-state index is -0.427. The van der Waals surface area contributed by atoms with Gasteiger partial charge >= 0.3 is 6.03 Å². The van der Waals surface area contributed by atoms with Gasteiger partial charge in [-0.05, 0) is 68.5 Å². The first-order valence-corrected chi connectivity index (χ1v) is 14.4. The number of likely N-dealkylation sites (tertiary alicyclic amines) is 1. The Hall–Kier alpha value is -4.63. The Kier molecular flexibility index (Phi) is 7.43. The largest absolute Gasteiger partial charge is 0.334 e. The number of amides is 3. The van der Waals surface area contributed by atoms with Crippen molar-refractivity contribution < 1.29 is 9.59 Å². The third-order valence-electron chi connectivity index (χ3n) is 8.75. The predicted octanol–water partition coefficient (Wildman–Crippen LogP) is 5.06. The fourth-order valence-electron chi connectivity index (χ4n) is 6.34. The van der Waals surface area contributed by atoms with E-state index < -0.39 is 5.91 Å². The van der Waals surface area contributed by atoms with E-state index in [4.69, 9.17) is 0 Å². The molecule has 0 radical (unpaired) electrons. The van der Waals surface area contributed by atoms with Gasteiger partial charge < -0.3 is 16.0 Å². The van der Waals surface area contributed by atoms with Gasteiger partial charge in [0.25, 0.3) is 11.5 Å². The normalized spacial score (nSPS) is 17.5. The van der Waals surface area contributed by atoms with Gasteiger partial charge in [0.05, 0.1) is 11.4 Å². The molecular weight excluding hydrogens is 528 g/mol. The molecule has 1 saturated heterocycles. The number of anilines is 2. The van der Waals surface area contributed by atoms with Crippen LogP contribution in [0.1, 0.15) is 47.3 Å². The van der Waals surface area contributed by atoms with Crippen molar-refractivity contribution >= 4 is 23.3 Å². The summed E-state index contributed by atoms with van der Waals surface area (Å²) in [5.41, 5.74) is 3.54. The van der Waals surface area contributed by atoms with E-state index in [-0.39, 0.29) is 28.9 Å². The fourth-order valence-corrected chi connectivity index (χ4v) is 6.34. The number of rotatable bonds is 7. The lowest BCUT2D eigenvalue weighted by molar-refractivity contribution is 0.0495. The molecule has 3 N–H and O–H groups in total. The Morgan fingerprint density at radius 2 is 1.64 bits per heavy atom. The minimum absolute atomic E-state index is 0.0494. The molecule has 2 heterocycles. The number of carbonyl (C=O) groups is 2. The Morgan fingerprint density at radius 3 is 2.33 bits per heavy atom. The molecule has 1 unspecified atom stereocenters. The second kappa shape index (κ2) is 11.3. The zero-order valence-corrected chi connectivity index (χ0v) is 24.0. The summed E-state index contributed by atoms with van der Waals surface area (Å²) in [7, 11) is 1.78. The number of nitrogens with one attached hydrogen (secondary N) is 3. The summed E-state index contributed by atoms with van der Waals surface area (Å²) in [4.78, 5) is 41.9. The van der Waals surface area contributed by atoms with E-state index in [0.29, 0.717) is 22.6 Å². The molecule has 1 spiro atoms. The summed E-state index contributed by atoms with van der Waals surface area (Å²) in [6.07, 6.45) is 4.48. The summed E-state index contributed by atoms with van der Waals surface area (Å²) in [5, 5.41) is 8.83. The van der Waals surface area contributed by atoms with Gasteiger partial charge in [-0.2, -0.15) is 0 Å². The van der Waals surface area contributed by atoms with Gasteiger partial charge in [-0.15, -0.1) is 0 Å². The van der Waals surface area contributed by atoms with E-state index in [0.717, 1.165) is 32.4 Å². The molecule has 6 rings (SSSR count). The zero-order valence-electron chi connectivity index (χ0n) is 24.0. The van der Waals surface area contributed by atoms with Crippen molar-refractivity contribution in [2.75, 3.05) is 17.2 Å². The lowest BCUT2D eigenvalue weighted by Gasteiger charge is -2.46. The van der Waals surface area contributed by atoms with Crippen LogP contribution in [0.3, 0.4) is 0 Å². The van der Waals surface area contributed by atoms with E-state index in [1.54, 1.807) is 42.9 Å². The Morgan fingerprint density at radius 1 is 0.929 bits per heavy atom. The highest BCUT2D eigenvalue weighted by Crippen LogP contribution is 2.46. The van der Waals surface area contributed by atoms with Gasteiger partial charge in [0.1, 0.15) is 5.69 Å². The highest BCUT2D eigenvalue weighted by atomic mass is 16.2. The van der Waals surface area contributed by atoms with Crippen LogP contribution in [0.25, 0.3) is 5.69 Å². The molecule has 1 aromatic heterocycles. The SMILES string of the molecule is Cc1c(NC(=O)c2cccc(NC(=O)NC3CN(Cc4ccccc4)C4(CCC4)C3)c2)c(=O)n(-c2ccccc2)n1C. The van der Waals surface area contributed by atoms with Gasteiger partial charge in [0.15, 0.2) is 0 Å². The van der Waals surface area contributed by atoms with Gasteiger partial charge in [-0.1, -0.05) is 54.6 Å². The first kappa shape index (κ1) is 27.5. The molecule has 3 amide bonds.